The summed E-state index contributed by atoms with van der Waals surface area (Å²) in [6.07, 6.45) is 0. The molecule has 5 nitrogen and oxygen atoms in total. The molecule has 6 heteroatoms. The van der Waals surface area contributed by atoms with Crippen LogP contribution >= 0.6 is 0 Å². The summed E-state index contributed by atoms with van der Waals surface area (Å²) < 4.78 is 14.9. The van der Waals surface area contributed by atoms with Gasteiger partial charge in [-0.05, 0) is 56.3 Å². The molecule has 0 atom stereocenters. The number of fused-ring (bicyclic) bond motifs is 1. The van der Waals surface area contributed by atoms with Crippen LogP contribution in [0.2, 0.25) is 0 Å². The van der Waals surface area contributed by atoms with Crippen molar-refractivity contribution in [2.24, 2.45) is 0 Å². The normalized spacial score (nSPS) is 11.0. The molecule has 0 amide bonds. The van der Waals surface area contributed by atoms with Gasteiger partial charge in [0.25, 0.3) is 0 Å². The summed E-state index contributed by atoms with van der Waals surface area (Å²) in [6.45, 7) is 3.91. The number of rotatable bonds is 3. The molecule has 0 unspecified atom stereocenters. The Morgan fingerprint density at radius 1 is 0.920 bits per heavy atom. The molecule has 0 radical (unpaired) electrons. The molecule has 2 aromatic heterocycles. The first-order chi connectivity index (χ1) is 12.1. The first-order valence-corrected chi connectivity index (χ1v) is 7.93. The lowest BCUT2D eigenvalue weighted by Gasteiger charge is -2.13. The Kier molecular flexibility index (Phi) is 3.65. The first-order valence-electron chi connectivity index (χ1n) is 7.93. The van der Waals surface area contributed by atoms with Gasteiger partial charge >= 0.3 is 0 Å². The summed E-state index contributed by atoms with van der Waals surface area (Å²) in [5.41, 5.74) is 4.16. The van der Waals surface area contributed by atoms with Crippen molar-refractivity contribution in [2.45, 2.75) is 13.8 Å². The van der Waals surface area contributed by atoms with Crippen LogP contribution in [0.25, 0.3) is 16.9 Å². The van der Waals surface area contributed by atoms with Gasteiger partial charge in [-0.1, -0.05) is 12.1 Å². The molecular weight excluding hydrogens is 317 g/mol. The fourth-order valence-electron chi connectivity index (χ4n) is 2.74. The third-order valence-electron chi connectivity index (χ3n) is 3.87. The molecule has 0 bridgehead atoms. The third kappa shape index (κ3) is 2.94. The number of nitrogens with one attached hydrogen (secondary N) is 1. The van der Waals surface area contributed by atoms with Crippen LogP contribution in [-0.4, -0.2) is 19.7 Å². The van der Waals surface area contributed by atoms with Gasteiger partial charge in [-0.2, -0.15) is 5.10 Å². The van der Waals surface area contributed by atoms with E-state index < -0.39 is 0 Å². The van der Waals surface area contributed by atoms with Crippen molar-refractivity contribution in [3.05, 3.63) is 71.8 Å². The summed E-state index contributed by atoms with van der Waals surface area (Å²) in [6, 6.07) is 15.8. The second-order valence-electron chi connectivity index (χ2n) is 5.86. The number of aromatic nitrogens is 4. The highest BCUT2D eigenvalue weighted by atomic mass is 19.1. The van der Waals surface area contributed by atoms with Crippen LogP contribution in [0, 0.1) is 19.7 Å². The number of nitrogens with zero attached hydrogens (tertiary/aromatic N) is 4. The number of para-hydroxylation sites is 2. The molecule has 0 saturated heterocycles. The number of benzene rings is 2. The number of anilines is 2. The maximum Gasteiger partial charge on any atom is 0.197 e. The van der Waals surface area contributed by atoms with E-state index >= 15 is 0 Å². The topological polar surface area (TPSA) is 55.6 Å². The van der Waals surface area contributed by atoms with E-state index in [1.54, 1.807) is 16.8 Å². The summed E-state index contributed by atoms with van der Waals surface area (Å²) >= 11 is 0. The zero-order valence-electron chi connectivity index (χ0n) is 13.9. The average molecular weight is 333 g/mol. The average Bonchev–Trinajstić information content (AvgIpc) is 2.94. The maximum atomic E-state index is 13.2. The van der Waals surface area contributed by atoms with Crippen molar-refractivity contribution in [1.82, 2.24) is 19.7 Å². The highest BCUT2D eigenvalue weighted by Gasteiger charge is 2.14. The molecular formula is C19H16FN5. The second-order valence-corrected chi connectivity index (χ2v) is 5.86. The van der Waals surface area contributed by atoms with Crippen LogP contribution in [-0.2, 0) is 0 Å². The van der Waals surface area contributed by atoms with Crippen molar-refractivity contribution < 1.29 is 4.39 Å². The van der Waals surface area contributed by atoms with E-state index in [0.29, 0.717) is 11.6 Å². The molecule has 25 heavy (non-hydrogen) atoms. The number of hydrogen-bond acceptors (Lipinski definition) is 4. The molecule has 2 heterocycles. The van der Waals surface area contributed by atoms with E-state index in [0.717, 1.165) is 28.1 Å². The summed E-state index contributed by atoms with van der Waals surface area (Å²) in [5, 5.41) is 7.74. The summed E-state index contributed by atoms with van der Waals surface area (Å²) in [5.74, 6) is 0.888. The fourth-order valence-corrected chi connectivity index (χ4v) is 2.74. The Morgan fingerprint density at radius 2 is 1.60 bits per heavy atom. The number of halogens is 1. The van der Waals surface area contributed by atoms with Crippen LogP contribution in [0.4, 0.5) is 15.9 Å². The van der Waals surface area contributed by atoms with Gasteiger partial charge in [0.2, 0.25) is 0 Å². The summed E-state index contributed by atoms with van der Waals surface area (Å²) in [4.78, 5) is 9.43. The Balaban J connectivity index is 1.89. The Morgan fingerprint density at radius 3 is 2.24 bits per heavy atom. The molecule has 0 saturated carbocycles. The van der Waals surface area contributed by atoms with Gasteiger partial charge in [0, 0.05) is 11.4 Å². The smallest absolute Gasteiger partial charge is 0.197 e. The van der Waals surface area contributed by atoms with Gasteiger partial charge in [0.05, 0.1) is 16.7 Å². The van der Waals surface area contributed by atoms with Crippen LogP contribution in [0.15, 0.2) is 54.6 Å². The molecule has 2 aromatic carbocycles. The second kappa shape index (κ2) is 5.98. The molecule has 4 rings (SSSR count). The molecule has 0 aliphatic carbocycles. The van der Waals surface area contributed by atoms with E-state index in [9.17, 15) is 4.39 Å². The SMILES string of the molecule is Cc1cc(C)n(-c2nc3ccccc3nc2Nc2ccc(F)cc2)n1. The van der Waals surface area contributed by atoms with E-state index in [2.05, 4.69) is 10.4 Å². The lowest BCUT2D eigenvalue weighted by atomic mass is 10.3. The molecule has 124 valence electrons. The highest BCUT2D eigenvalue weighted by Crippen LogP contribution is 2.25. The van der Waals surface area contributed by atoms with Gasteiger partial charge in [-0.3, -0.25) is 0 Å². The predicted octanol–water partition coefficient (Wildman–Crippen LogP) is 4.32. The van der Waals surface area contributed by atoms with E-state index in [1.165, 1.54) is 12.1 Å². The van der Waals surface area contributed by atoms with Crippen molar-refractivity contribution in [1.29, 1.82) is 0 Å². The zero-order chi connectivity index (χ0) is 17.4. The lowest BCUT2D eigenvalue weighted by Crippen LogP contribution is -2.08. The molecule has 4 aromatic rings. The minimum Gasteiger partial charge on any atom is -0.337 e. The highest BCUT2D eigenvalue weighted by molar-refractivity contribution is 5.79. The Labute approximate surface area is 144 Å². The largest absolute Gasteiger partial charge is 0.337 e. The van der Waals surface area contributed by atoms with Gasteiger partial charge < -0.3 is 5.32 Å². The van der Waals surface area contributed by atoms with E-state index in [-0.39, 0.29) is 5.82 Å². The quantitative estimate of drug-likeness (QED) is 0.607. The standard InChI is InChI=1S/C19H16FN5/c1-12-11-13(2)25(24-12)19-18(21-15-9-7-14(20)8-10-15)22-16-5-3-4-6-17(16)23-19/h3-11H,1-2H3,(H,21,22). The van der Waals surface area contributed by atoms with Crippen LogP contribution in [0.1, 0.15) is 11.4 Å². The molecule has 0 fully saturated rings. The zero-order valence-corrected chi connectivity index (χ0v) is 13.9. The molecule has 0 aliphatic rings. The lowest BCUT2D eigenvalue weighted by molar-refractivity contribution is 0.628. The van der Waals surface area contributed by atoms with Crippen molar-refractivity contribution in [3.8, 4) is 5.82 Å². The van der Waals surface area contributed by atoms with Crippen LogP contribution in [0.3, 0.4) is 0 Å². The fraction of sp³-hybridized carbons (Fsp3) is 0.105. The van der Waals surface area contributed by atoms with E-state index in [4.69, 9.17) is 9.97 Å². The van der Waals surface area contributed by atoms with Crippen molar-refractivity contribution >= 4 is 22.5 Å². The Bertz CT molecular complexity index is 1050. The minimum absolute atomic E-state index is 0.283. The van der Waals surface area contributed by atoms with Gasteiger partial charge in [0.15, 0.2) is 11.6 Å². The van der Waals surface area contributed by atoms with Gasteiger partial charge in [0.1, 0.15) is 5.82 Å². The predicted molar refractivity (Wildman–Crippen MR) is 95.8 cm³/mol. The van der Waals surface area contributed by atoms with Crippen LogP contribution < -0.4 is 5.32 Å². The molecule has 0 spiro atoms. The third-order valence-corrected chi connectivity index (χ3v) is 3.87. The summed E-state index contributed by atoms with van der Waals surface area (Å²) in [7, 11) is 0. The van der Waals surface area contributed by atoms with Crippen molar-refractivity contribution in [2.75, 3.05) is 5.32 Å². The van der Waals surface area contributed by atoms with E-state index in [1.807, 2.05) is 44.2 Å². The van der Waals surface area contributed by atoms with Gasteiger partial charge in [-0.15, -0.1) is 0 Å². The number of hydrogen-bond donors (Lipinski definition) is 1. The first kappa shape index (κ1) is 15.3. The monoisotopic (exact) mass is 333 g/mol. The minimum atomic E-state index is -0.283. The van der Waals surface area contributed by atoms with Crippen LogP contribution in [0.5, 0.6) is 0 Å². The Hall–Kier alpha value is -3.28. The molecule has 1 N–H and O–H groups in total. The van der Waals surface area contributed by atoms with Gasteiger partial charge in [-0.25, -0.2) is 19.0 Å². The number of aryl methyl sites for hydroxylation is 2. The van der Waals surface area contributed by atoms with Crippen molar-refractivity contribution in [3.63, 3.8) is 0 Å². The molecule has 0 aliphatic heterocycles. The maximum absolute atomic E-state index is 13.2.